The van der Waals surface area contributed by atoms with Gasteiger partial charge in [0.1, 0.15) is 0 Å². The molecule has 0 unspecified atom stereocenters. The van der Waals surface area contributed by atoms with Crippen LogP contribution in [0.4, 0.5) is 0 Å². The smallest absolute Gasteiger partial charge is 0.00201 e. The fraction of sp³-hybridized carbons (Fsp3) is 0. The lowest BCUT2D eigenvalue weighted by Gasteiger charge is -2.12. The van der Waals surface area contributed by atoms with Gasteiger partial charge in [0.15, 0.2) is 0 Å². The number of rotatable bonds is 3. The van der Waals surface area contributed by atoms with Gasteiger partial charge in [-0.1, -0.05) is 146 Å². The van der Waals surface area contributed by atoms with Gasteiger partial charge < -0.3 is 0 Å². The van der Waals surface area contributed by atoms with Gasteiger partial charge >= 0.3 is 0 Å². The minimum Gasteiger partial charge on any atom is -0.0616 e. The van der Waals surface area contributed by atoms with Gasteiger partial charge in [-0.25, -0.2) is 0 Å². The van der Waals surface area contributed by atoms with Crippen molar-refractivity contribution in [2.24, 2.45) is 0 Å². The number of hydrogen-bond acceptors (Lipinski definition) is 0. The van der Waals surface area contributed by atoms with Crippen LogP contribution in [0.1, 0.15) is 0 Å². The summed E-state index contributed by atoms with van der Waals surface area (Å²) in [6.45, 7) is 0. The van der Waals surface area contributed by atoms with Gasteiger partial charge in [0.2, 0.25) is 0 Å². The highest BCUT2D eigenvalue weighted by molar-refractivity contribution is 6.19. The van der Waals surface area contributed by atoms with Crippen LogP contribution in [0.2, 0.25) is 0 Å². The Kier molecular flexibility index (Phi) is 5.38. The molecule has 0 saturated heterocycles. The Balaban J connectivity index is 1.06. The molecule has 9 aromatic rings. The molecule has 0 heteroatoms. The molecule has 0 nitrogen and oxygen atoms in total. The van der Waals surface area contributed by atoms with E-state index in [1.807, 2.05) is 0 Å². The van der Waals surface area contributed by atoms with E-state index in [-0.39, 0.29) is 0 Å². The first-order valence-corrected chi connectivity index (χ1v) is 16.0. The van der Waals surface area contributed by atoms with Gasteiger partial charge in [0, 0.05) is 0 Å². The van der Waals surface area contributed by atoms with Crippen LogP contribution in [-0.2, 0) is 0 Å². The summed E-state index contributed by atoms with van der Waals surface area (Å²) in [5, 5.41) is 10.3. The van der Waals surface area contributed by atoms with Crippen LogP contribution < -0.4 is 0 Å². The molecular formula is C46H28. The van der Waals surface area contributed by atoms with E-state index in [4.69, 9.17) is 0 Å². The SMILES string of the molecule is c1ccc2c(c1)-c1cccc3c(-c4ccc5ccc(-c6ccc7c(-c8ccc9ccccc9c8)cccc7c6)cc5c4)ccc-2c13. The standard InChI is InChI=1S/C46H28/c1-2-8-31-25-35(19-16-29(31)7-1)38-12-5-9-34-26-33(21-22-39(34)38)32-18-15-30-17-20-36(28-37(30)27-32)40-23-24-45-42-11-4-3-10-41(42)44-14-6-13-43(40)46(44)45/h1-28H. The first-order valence-electron chi connectivity index (χ1n) is 16.0. The molecule has 0 saturated carbocycles. The Morgan fingerprint density at radius 2 is 0.696 bits per heavy atom. The molecule has 0 atom stereocenters. The predicted octanol–water partition coefficient (Wildman–Crippen LogP) is 12.9. The molecule has 0 heterocycles. The molecule has 0 bridgehead atoms. The Hall–Kier alpha value is -5.98. The van der Waals surface area contributed by atoms with E-state index in [1.54, 1.807) is 0 Å². The maximum Gasteiger partial charge on any atom is -0.00201 e. The summed E-state index contributed by atoms with van der Waals surface area (Å²) in [5.74, 6) is 0. The van der Waals surface area contributed by atoms with Crippen LogP contribution >= 0.6 is 0 Å². The largest absolute Gasteiger partial charge is 0.0616 e. The van der Waals surface area contributed by atoms with Crippen molar-refractivity contribution in [2.75, 3.05) is 0 Å². The highest BCUT2D eigenvalue weighted by Crippen LogP contribution is 2.49. The van der Waals surface area contributed by atoms with E-state index < -0.39 is 0 Å². The second-order valence-electron chi connectivity index (χ2n) is 12.5. The van der Waals surface area contributed by atoms with Gasteiger partial charge in [0.05, 0.1) is 0 Å². The quantitative estimate of drug-likeness (QED) is 0.195. The van der Waals surface area contributed by atoms with E-state index in [2.05, 4.69) is 170 Å². The fourth-order valence-electron chi connectivity index (χ4n) is 7.73. The molecule has 1 aliphatic rings. The van der Waals surface area contributed by atoms with Gasteiger partial charge in [-0.2, -0.15) is 0 Å². The van der Waals surface area contributed by atoms with Crippen LogP contribution in [0.25, 0.3) is 98.7 Å². The molecule has 9 aromatic carbocycles. The van der Waals surface area contributed by atoms with Crippen molar-refractivity contribution in [1.29, 1.82) is 0 Å². The van der Waals surface area contributed by atoms with Crippen LogP contribution in [0.5, 0.6) is 0 Å². The topological polar surface area (TPSA) is 0 Å². The molecule has 10 rings (SSSR count). The molecule has 0 N–H and O–H groups in total. The zero-order chi connectivity index (χ0) is 30.2. The molecule has 0 spiro atoms. The molecule has 0 amide bonds. The lowest BCUT2D eigenvalue weighted by molar-refractivity contribution is 1.65. The maximum absolute atomic E-state index is 2.36. The Morgan fingerprint density at radius 1 is 0.217 bits per heavy atom. The van der Waals surface area contributed by atoms with E-state index in [9.17, 15) is 0 Å². The van der Waals surface area contributed by atoms with Gasteiger partial charge in [-0.05, 0) is 123 Å². The van der Waals surface area contributed by atoms with Crippen molar-refractivity contribution in [3.63, 3.8) is 0 Å². The normalized spacial score (nSPS) is 11.9. The van der Waals surface area contributed by atoms with E-state index in [0.29, 0.717) is 0 Å². The third-order valence-corrected chi connectivity index (χ3v) is 9.97. The molecule has 1 aliphatic carbocycles. The minimum atomic E-state index is 1.23. The van der Waals surface area contributed by atoms with Crippen LogP contribution in [-0.4, -0.2) is 0 Å². The highest BCUT2D eigenvalue weighted by atomic mass is 14.2. The van der Waals surface area contributed by atoms with Gasteiger partial charge in [0.25, 0.3) is 0 Å². The average Bonchev–Trinajstić information content (AvgIpc) is 3.45. The van der Waals surface area contributed by atoms with E-state index >= 15 is 0 Å². The predicted molar refractivity (Wildman–Crippen MR) is 197 cm³/mol. The van der Waals surface area contributed by atoms with Gasteiger partial charge in [-0.15, -0.1) is 0 Å². The third kappa shape index (κ3) is 3.81. The van der Waals surface area contributed by atoms with Crippen molar-refractivity contribution in [3.05, 3.63) is 170 Å². The third-order valence-electron chi connectivity index (χ3n) is 9.97. The molecule has 0 aromatic heterocycles. The summed E-state index contributed by atoms with van der Waals surface area (Å²) in [5.41, 5.74) is 12.9. The lowest BCUT2D eigenvalue weighted by Crippen LogP contribution is -1.86. The zero-order valence-electron chi connectivity index (χ0n) is 25.2. The molecule has 0 radical (unpaired) electrons. The highest BCUT2D eigenvalue weighted by Gasteiger charge is 2.22. The fourth-order valence-corrected chi connectivity index (χ4v) is 7.73. The van der Waals surface area contributed by atoms with E-state index in [1.165, 1.54) is 98.7 Å². The first-order chi connectivity index (χ1) is 22.8. The minimum absolute atomic E-state index is 1.23. The van der Waals surface area contributed by atoms with Gasteiger partial charge in [-0.3, -0.25) is 0 Å². The summed E-state index contributed by atoms with van der Waals surface area (Å²) in [4.78, 5) is 0. The second-order valence-corrected chi connectivity index (χ2v) is 12.5. The number of hydrogen-bond donors (Lipinski definition) is 0. The first kappa shape index (κ1) is 25.4. The average molecular weight is 581 g/mol. The Bertz CT molecular complexity index is 2660. The lowest BCUT2D eigenvalue weighted by atomic mass is 9.92. The molecule has 0 fully saturated rings. The summed E-state index contributed by atoms with van der Waals surface area (Å²) in [6.07, 6.45) is 0. The van der Waals surface area contributed by atoms with Crippen molar-refractivity contribution in [3.8, 4) is 55.6 Å². The van der Waals surface area contributed by atoms with Crippen LogP contribution in [0.15, 0.2) is 170 Å². The zero-order valence-corrected chi connectivity index (χ0v) is 25.2. The summed E-state index contributed by atoms with van der Waals surface area (Å²) < 4.78 is 0. The van der Waals surface area contributed by atoms with E-state index in [0.717, 1.165) is 0 Å². The molecule has 46 heavy (non-hydrogen) atoms. The molecule has 212 valence electrons. The summed E-state index contributed by atoms with van der Waals surface area (Å²) in [7, 11) is 0. The summed E-state index contributed by atoms with van der Waals surface area (Å²) >= 11 is 0. The molecule has 0 aliphatic heterocycles. The van der Waals surface area contributed by atoms with Crippen LogP contribution in [0.3, 0.4) is 0 Å². The second kappa shape index (κ2) is 9.76. The van der Waals surface area contributed by atoms with Crippen LogP contribution in [0, 0.1) is 0 Å². The number of benzene rings is 9. The summed E-state index contributed by atoms with van der Waals surface area (Å²) in [6, 6.07) is 62.8. The van der Waals surface area contributed by atoms with Crippen molar-refractivity contribution in [1.82, 2.24) is 0 Å². The Labute approximate surface area is 267 Å². The maximum atomic E-state index is 2.36. The van der Waals surface area contributed by atoms with Crippen molar-refractivity contribution in [2.45, 2.75) is 0 Å². The van der Waals surface area contributed by atoms with Crippen molar-refractivity contribution < 1.29 is 0 Å². The molecular weight excluding hydrogens is 553 g/mol. The Morgan fingerprint density at radius 3 is 1.50 bits per heavy atom. The van der Waals surface area contributed by atoms with Crippen molar-refractivity contribution >= 4 is 43.1 Å². The number of fused-ring (bicyclic) bond motifs is 6. The monoisotopic (exact) mass is 580 g/mol.